The molecule has 1 amide bonds. The van der Waals surface area contributed by atoms with E-state index in [1.807, 2.05) is 18.2 Å². The molecule has 2 N–H and O–H groups in total. The number of nitrogens with one attached hydrogen (secondary N) is 2. The minimum atomic E-state index is -0.0252. The van der Waals surface area contributed by atoms with Crippen molar-refractivity contribution in [1.29, 1.82) is 0 Å². The van der Waals surface area contributed by atoms with E-state index in [1.165, 1.54) is 0 Å². The number of rotatable bonds is 8. The number of ether oxygens (including phenoxy) is 1. The van der Waals surface area contributed by atoms with Gasteiger partial charge in [-0.3, -0.25) is 4.79 Å². The quantitative estimate of drug-likeness (QED) is 0.759. The average molecular weight is 264 g/mol. The van der Waals surface area contributed by atoms with Crippen molar-refractivity contribution in [3.63, 3.8) is 0 Å². The zero-order valence-electron chi connectivity index (χ0n) is 12.0. The van der Waals surface area contributed by atoms with Gasteiger partial charge in [-0.15, -0.1) is 0 Å². The van der Waals surface area contributed by atoms with Crippen molar-refractivity contribution in [2.75, 3.05) is 19.0 Å². The third kappa shape index (κ3) is 5.75. The summed E-state index contributed by atoms with van der Waals surface area (Å²) in [5.74, 6) is 0.714. The molecule has 0 bridgehead atoms. The van der Waals surface area contributed by atoms with E-state index in [2.05, 4.69) is 24.5 Å². The Morgan fingerprint density at radius 3 is 2.79 bits per heavy atom. The van der Waals surface area contributed by atoms with Gasteiger partial charge in [0.2, 0.25) is 5.91 Å². The first-order chi connectivity index (χ1) is 9.19. The highest BCUT2D eigenvalue weighted by molar-refractivity contribution is 5.92. The van der Waals surface area contributed by atoms with Gasteiger partial charge in [-0.1, -0.05) is 26.3 Å². The molecule has 0 aliphatic carbocycles. The van der Waals surface area contributed by atoms with Crippen LogP contribution in [0.2, 0.25) is 0 Å². The number of carbonyl (C=O) groups excluding carboxylic acids is 1. The number of methoxy groups -OCH3 is 1. The molecule has 1 aromatic rings. The molecule has 0 aliphatic rings. The Labute approximate surface area is 115 Å². The lowest BCUT2D eigenvalue weighted by atomic mass is 10.1. The Hall–Kier alpha value is -1.55. The van der Waals surface area contributed by atoms with Crippen LogP contribution in [0.5, 0.6) is 5.75 Å². The lowest BCUT2D eigenvalue weighted by Gasteiger charge is -2.15. The maximum absolute atomic E-state index is 11.8. The normalized spacial score (nSPS) is 11.9. The first-order valence-electron chi connectivity index (χ1n) is 6.86. The molecule has 1 rings (SSSR count). The summed E-state index contributed by atoms with van der Waals surface area (Å²) in [5.41, 5.74) is 0.759. The number of benzene rings is 1. The Kier molecular flexibility index (Phi) is 6.97. The second kappa shape index (κ2) is 8.53. The molecule has 1 aromatic carbocycles. The fourth-order valence-corrected chi connectivity index (χ4v) is 1.94. The van der Waals surface area contributed by atoms with Crippen LogP contribution in [0.25, 0.3) is 0 Å². The minimum Gasteiger partial charge on any atom is -0.497 e. The van der Waals surface area contributed by atoms with E-state index < -0.39 is 0 Å². The standard InChI is InChI=1S/C15H24N2O2/c1-4-7-12(5-2)16-11-15(18)17-13-8-6-9-14(10-13)19-3/h6,8-10,12,16H,4-5,7,11H2,1-3H3,(H,17,18). The summed E-state index contributed by atoms with van der Waals surface area (Å²) < 4.78 is 5.12. The molecule has 0 aliphatic heterocycles. The van der Waals surface area contributed by atoms with E-state index in [1.54, 1.807) is 13.2 Å². The van der Waals surface area contributed by atoms with Gasteiger partial charge in [0.15, 0.2) is 0 Å². The van der Waals surface area contributed by atoms with Crippen LogP contribution >= 0.6 is 0 Å². The molecular weight excluding hydrogens is 240 g/mol. The largest absolute Gasteiger partial charge is 0.497 e. The smallest absolute Gasteiger partial charge is 0.238 e. The van der Waals surface area contributed by atoms with Gasteiger partial charge in [0.05, 0.1) is 13.7 Å². The maximum atomic E-state index is 11.8. The number of amides is 1. The van der Waals surface area contributed by atoms with Crippen LogP contribution in [-0.2, 0) is 4.79 Å². The predicted molar refractivity (Wildman–Crippen MR) is 78.6 cm³/mol. The molecule has 1 unspecified atom stereocenters. The van der Waals surface area contributed by atoms with E-state index in [4.69, 9.17) is 4.74 Å². The number of carbonyl (C=O) groups is 1. The molecule has 0 heterocycles. The molecule has 0 aromatic heterocycles. The van der Waals surface area contributed by atoms with Crippen LogP contribution in [0.3, 0.4) is 0 Å². The van der Waals surface area contributed by atoms with E-state index in [-0.39, 0.29) is 5.91 Å². The number of hydrogen-bond acceptors (Lipinski definition) is 3. The molecule has 0 radical (unpaired) electrons. The van der Waals surface area contributed by atoms with Gasteiger partial charge < -0.3 is 15.4 Å². The summed E-state index contributed by atoms with van der Waals surface area (Å²) in [5, 5.41) is 6.13. The molecule has 0 saturated heterocycles. The summed E-state index contributed by atoms with van der Waals surface area (Å²) >= 11 is 0. The second-order valence-corrected chi connectivity index (χ2v) is 4.55. The zero-order valence-corrected chi connectivity index (χ0v) is 12.0. The fraction of sp³-hybridized carbons (Fsp3) is 0.533. The zero-order chi connectivity index (χ0) is 14.1. The van der Waals surface area contributed by atoms with Crippen molar-refractivity contribution >= 4 is 11.6 Å². The topological polar surface area (TPSA) is 50.4 Å². The number of anilines is 1. The second-order valence-electron chi connectivity index (χ2n) is 4.55. The van der Waals surface area contributed by atoms with Crippen LogP contribution in [0.15, 0.2) is 24.3 Å². The lowest BCUT2D eigenvalue weighted by molar-refractivity contribution is -0.115. The van der Waals surface area contributed by atoms with Gasteiger partial charge in [-0.2, -0.15) is 0 Å². The van der Waals surface area contributed by atoms with Crippen LogP contribution < -0.4 is 15.4 Å². The SMILES string of the molecule is CCCC(CC)NCC(=O)Nc1cccc(OC)c1. The van der Waals surface area contributed by atoms with E-state index in [0.717, 1.165) is 30.7 Å². The lowest BCUT2D eigenvalue weighted by Crippen LogP contribution is -2.35. The summed E-state index contributed by atoms with van der Waals surface area (Å²) in [6.45, 7) is 4.63. The van der Waals surface area contributed by atoms with Gasteiger partial charge in [-0.25, -0.2) is 0 Å². The summed E-state index contributed by atoms with van der Waals surface area (Å²) in [7, 11) is 1.61. The fourth-order valence-electron chi connectivity index (χ4n) is 1.94. The van der Waals surface area contributed by atoms with E-state index in [9.17, 15) is 4.79 Å². The van der Waals surface area contributed by atoms with Gasteiger partial charge in [0, 0.05) is 17.8 Å². The van der Waals surface area contributed by atoms with Gasteiger partial charge in [0.1, 0.15) is 5.75 Å². The first kappa shape index (κ1) is 15.5. The molecule has 4 heteroatoms. The highest BCUT2D eigenvalue weighted by Gasteiger charge is 2.08. The van der Waals surface area contributed by atoms with Crippen LogP contribution in [0, 0.1) is 0 Å². The Bertz CT molecular complexity index is 393. The van der Waals surface area contributed by atoms with Crippen molar-refractivity contribution in [2.24, 2.45) is 0 Å². The maximum Gasteiger partial charge on any atom is 0.238 e. The Morgan fingerprint density at radius 1 is 1.37 bits per heavy atom. The first-order valence-corrected chi connectivity index (χ1v) is 6.86. The average Bonchev–Trinajstić information content (AvgIpc) is 2.43. The van der Waals surface area contributed by atoms with Crippen molar-refractivity contribution < 1.29 is 9.53 Å². The molecule has 4 nitrogen and oxygen atoms in total. The van der Waals surface area contributed by atoms with Crippen LogP contribution in [0.4, 0.5) is 5.69 Å². The van der Waals surface area contributed by atoms with Gasteiger partial charge in [-0.05, 0) is 25.0 Å². The van der Waals surface area contributed by atoms with Crippen molar-refractivity contribution in [3.8, 4) is 5.75 Å². The van der Waals surface area contributed by atoms with Crippen molar-refractivity contribution in [1.82, 2.24) is 5.32 Å². The molecule has 1 atom stereocenters. The van der Waals surface area contributed by atoms with Crippen LogP contribution in [0.1, 0.15) is 33.1 Å². The summed E-state index contributed by atoms with van der Waals surface area (Å²) in [6.07, 6.45) is 3.27. The highest BCUT2D eigenvalue weighted by atomic mass is 16.5. The third-order valence-electron chi connectivity index (χ3n) is 3.03. The predicted octanol–water partition coefficient (Wildman–Crippen LogP) is 2.80. The minimum absolute atomic E-state index is 0.0252. The Balaban J connectivity index is 2.41. The molecule has 0 spiro atoms. The summed E-state index contributed by atoms with van der Waals surface area (Å²) in [4.78, 5) is 11.8. The third-order valence-corrected chi connectivity index (χ3v) is 3.03. The molecule has 0 fully saturated rings. The van der Waals surface area contributed by atoms with Crippen LogP contribution in [-0.4, -0.2) is 25.6 Å². The van der Waals surface area contributed by atoms with Gasteiger partial charge >= 0.3 is 0 Å². The molecular formula is C15H24N2O2. The molecule has 19 heavy (non-hydrogen) atoms. The molecule has 106 valence electrons. The monoisotopic (exact) mass is 264 g/mol. The molecule has 0 saturated carbocycles. The van der Waals surface area contributed by atoms with E-state index in [0.29, 0.717) is 12.6 Å². The van der Waals surface area contributed by atoms with E-state index >= 15 is 0 Å². The Morgan fingerprint density at radius 2 is 2.16 bits per heavy atom. The number of hydrogen-bond donors (Lipinski definition) is 2. The summed E-state index contributed by atoms with van der Waals surface area (Å²) in [6, 6.07) is 7.78. The van der Waals surface area contributed by atoms with Gasteiger partial charge in [0.25, 0.3) is 0 Å². The van der Waals surface area contributed by atoms with Crippen molar-refractivity contribution in [2.45, 2.75) is 39.2 Å². The highest BCUT2D eigenvalue weighted by Crippen LogP contribution is 2.16. The van der Waals surface area contributed by atoms with Crippen molar-refractivity contribution in [3.05, 3.63) is 24.3 Å².